The molecule has 0 aliphatic carbocycles. The number of aliphatic imine (C=N–C) groups is 2. The molecule has 29 heavy (non-hydrogen) atoms. The van der Waals surface area contributed by atoms with E-state index in [0.29, 0.717) is 0 Å². The van der Waals surface area contributed by atoms with Crippen molar-refractivity contribution < 1.29 is 0 Å². The molecule has 0 aliphatic rings. The van der Waals surface area contributed by atoms with Gasteiger partial charge in [0.05, 0.1) is 34.5 Å². The molecule has 6 heteroatoms. The summed E-state index contributed by atoms with van der Waals surface area (Å²) in [5, 5.41) is 0. The van der Waals surface area contributed by atoms with E-state index in [-0.39, 0.29) is 0 Å². The molecule has 0 N–H and O–H groups in total. The highest BCUT2D eigenvalue weighted by atomic mass is 15.1. The van der Waals surface area contributed by atoms with Crippen molar-refractivity contribution in [1.29, 1.82) is 0 Å². The molecule has 0 fully saturated rings. The Morgan fingerprint density at radius 2 is 1.17 bits per heavy atom. The van der Waals surface area contributed by atoms with E-state index >= 15 is 0 Å². The zero-order chi connectivity index (χ0) is 20.1. The number of para-hydroxylation sites is 4. The van der Waals surface area contributed by atoms with E-state index in [9.17, 15) is 0 Å². The Morgan fingerprint density at radius 1 is 0.724 bits per heavy atom. The van der Waals surface area contributed by atoms with Crippen molar-refractivity contribution in [2.45, 2.75) is 33.4 Å². The molecule has 0 unspecified atom stereocenters. The Labute approximate surface area is 170 Å². The van der Waals surface area contributed by atoms with Gasteiger partial charge in [0.2, 0.25) is 0 Å². The van der Waals surface area contributed by atoms with Crippen LogP contribution in [0.2, 0.25) is 0 Å². The lowest BCUT2D eigenvalue weighted by molar-refractivity contribution is 0.775. The van der Waals surface area contributed by atoms with Crippen LogP contribution in [0.1, 0.15) is 31.9 Å². The van der Waals surface area contributed by atoms with Gasteiger partial charge in [0.25, 0.3) is 0 Å². The first-order valence-corrected chi connectivity index (χ1v) is 10.2. The average molecular weight is 387 g/mol. The standard InChI is InChI=1S/C23H26N6/c1-3-28-20-12-7-5-10-18(20)26-22(28)16-24-14-9-15-25-17-23-27-19-11-6-8-13-21(19)29(23)4-2/h5-8,10-13,16-17H,3-4,9,14-15H2,1-2H3. The van der Waals surface area contributed by atoms with Gasteiger partial charge in [0.15, 0.2) is 11.6 Å². The summed E-state index contributed by atoms with van der Waals surface area (Å²) in [4.78, 5) is 18.5. The van der Waals surface area contributed by atoms with Crippen LogP contribution in [-0.4, -0.2) is 44.6 Å². The molecular formula is C23H26N6. The number of imidazole rings is 2. The molecular weight excluding hydrogens is 360 g/mol. The number of hydrogen-bond donors (Lipinski definition) is 0. The molecule has 0 spiro atoms. The number of aryl methyl sites for hydroxylation is 2. The van der Waals surface area contributed by atoms with Crippen molar-refractivity contribution >= 4 is 34.5 Å². The second-order valence-electron chi connectivity index (χ2n) is 6.83. The van der Waals surface area contributed by atoms with Crippen LogP contribution in [0, 0.1) is 0 Å². The van der Waals surface area contributed by atoms with Crippen LogP contribution in [0.4, 0.5) is 0 Å². The van der Waals surface area contributed by atoms with Gasteiger partial charge in [-0.05, 0) is 44.5 Å². The Kier molecular flexibility index (Phi) is 5.79. The van der Waals surface area contributed by atoms with Crippen molar-refractivity contribution in [1.82, 2.24) is 19.1 Å². The Hall–Kier alpha value is -3.28. The third-order valence-electron chi connectivity index (χ3n) is 4.99. The highest BCUT2D eigenvalue weighted by Crippen LogP contribution is 2.15. The van der Waals surface area contributed by atoms with Crippen molar-refractivity contribution in [2.24, 2.45) is 9.98 Å². The molecule has 2 heterocycles. The fourth-order valence-electron chi connectivity index (χ4n) is 3.60. The zero-order valence-corrected chi connectivity index (χ0v) is 17.0. The van der Waals surface area contributed by atoms with E-state index in [2.05, 4.69) is 55.1 Å². The maximum absolute atomic E-state index is 4.67. The Bertz CT molecular complexity index is 1070. The van der Waals surface area contributed by atoms with Crippen LogP contribution in [0.15, 0.2) is 58.5 Å². The van der Waals surface area contributed by atoms with E-state index in [4.69, 9.17) is 0 Å². The minimum absolute atomic E-state index is 0.731. The lowest BCUT2D eigenvalue weighted by atomic mass is 10.3. The molecule has 6 nitrogen and oxygen atoms in total. The smallest absolute Gasteiger partial charge is 0.151 e. The molecule has 2 aromatic heterocycles. The number of aromatic nitrogens is 4. The summed E-state index contributed by atoms with van der Waals surface area (Å²) in [5.74, 6) is 1.82. The number of benzene rings is 2. The van der Waals surface area contributed by atoms with Crippen LogP contribution >= 0.6 is 0 Å². The first-order valence-electron chi connectivity index (χ1n) is 10.2. The van der Waals surface area contributed by atoms with Gasteiger partial charge in [0.1, 0.15) is 0 Å². The largest absolute Gasteiger partial charge is 0.323 e. The van der Waals surface area contributed by atoms with Gasteiger partial charge in [-0.25, -0.2) is 9.97 Å². The summed E-state index contributed by atoms with van der Waals surface area (Å²) < 4.78 is 4.37. The normalized spacial score (nSPS) is 12.2. The van der Waals surface area contributed by atoms with Crippen LogP contribution in [0.3, 0.4) is 0 Å². The first-order chi connectivity index (χ1) is 14.3. The number of rotatable bonds is 8. The predicted octanol–water partition coefficient (Wildman–Crippen LogP) is 4.35. The van der Waals surface area contributed by atoms with Gasteiger partial charge in [0, 0.05) is 26.2 Å². The van der Waals surface area contributed by atoms with E-state index in [1.54, 1.807) is 0 Å². The van der Waals surface area contributed by atoms with Gasteiger partial charge >= 0.3 is 0 Å². The Balaban J connectivity index is 1.35. The molecule has 0 aliphatic heterocycles. The molecule has 148 valence electrons. The summed E-state index contributed by atoms with van der Waals surface area (Å²) in [6.07, 6.45) is 4.65. The monoisotopic (exact) mass is 386 g/mol. The van der Waals surface area contributed by atoms with Crippen molar-refractivity contribution in [3.8, 4) is 0 Å². The molecule has 4 aromatic rings. The summed E-state index contributed by atoms with van der Waals surface area (Å²) in [6, 6.07) is 16.4. The quantitative estimate of drug-likeness (QED) is 0.334. The summed E-state index contributed by atoms with van der Waals surface area (Å²) in [5.41, 5.74) is 4.33. The van der Waals surface area contributed by atoms with E-state index < -0.39 is 0 Å². The third-order valence-corrected chi connectivity index (χ3v) is 4.99. The van der Waals surface area contributed by atoms with Crippen molar-refractivity contribution in [3.63, 3.8) is 0 Å². The van der Waals surface area contributed by atoms with Crippen molar-refractivity contribution in [3.05, 3.63) is 60.2 Å². The summed E-state index contributed by atoms with van der Waals surface area (Å²) >= 11 is 0. The lowest BCUT2D eigenvalue weighted by Crippen LogP contribution is -2.02. The molecule has 4 rings (SSSR count). The topological polar surface area (TPSA) is 60.4 Å². The third kappa shape index (κ3) is 3.97. The molecule has 2 aromatic carbocycles. The minimum Gasteiger partial charge on any atom is -0.323 e. The highest BCUT2D eigenvalue weighted by molar-refractivity contribution is 5.85. The number of hydrogen-bond acceptors (Lipinski definition) is 4. The maximum atomic E-state index is 4.67. The van der Waals surface area contributed by atoms with Crippen molar-refractivity contribution in [2.75, 3.05) is 13.1 Å². The summed E-state index contributed by atoms with van der Waals surface area (Å²) in [7, 11) is 0. The van der Waals surface area contributed by atoms with Gasteiger partial charge < -0.3 is 9.13 Å². The average Bonchev–Trinajstić information content (AvgIpc) is 3.29. The Morgan fingerprint density at radius 3 is 1.62 bits per heavy atom. The highest BCUT2D eigenvalue weighted by Gasteiger charge is 2.07. The van der Waals surface area contributed by atoms with Crippen LogP contribution in [0.25, 0.3) is 22.1 Å². The second-order valence-corrected chi connectivity index (χ2v) is 6.83. The van der Waals surface area contributed by atoms with E-state index in [1.807, 2.05) is 48.8 Å². The predicted molar refractivity (Wildman–Crippen MR) is 120 cm³/mol. The van der Waals surface area contributed by atoms with E-state index in [1.165, 1.54) is 0 Å². The number of nitrogens with zero attached hydrogens (tertiary/aromatic N) is 6. The minimum atomic E-state index is 0.731. The van der Waals surface area contributed by atoms with Crippen LogP contribution in [0.5, 0.6) is 0 Å². The molecule has 0 amide bonds. The van der Waals surface area contributed by atoms with Gasteiger partial charge in [-0.1, -0.05) is 24.3 Å². The maximum Gasteiger partial charge on any atom is 0.151 e. The fourth-order valence-corrected chi connectivity index (χ4v) is 3.60. The molecule has 0 atom stereocenters. The molecule has 0 saturated heterocycles. The SMILES string of the molecule is CCn1c(C=NCCCN=Cc2nc3ccccc3n2CC)nc2ccccc21. The summed E-state index contributed by atoms with van der Waals surface area (Å²) in [6.45, 7) is 7.48. The van der Waals surface area contributed by atoms with E-state index in [0.717, 1.165) is 66.3 Å². The molecule has 0 radical (unpaired) electrons. The van der Waals surface area contributed by atoms with Gasteiger partial charge in [-0.3, -0.25) is 9.98 Å². The van der Waals surface area contributed by atoms with Gasteiger partial charge in [-0.15, -0.1) is 0 Å². The molecule has 0 bridgehead atoms. The fraction of sp³-hybridized carbons (Fsp3) is 0.304. The zero-order valence-electron chi connectivity index (χ0n) is 17.0. The lowest BCUT2D eigenvalue weighted by Gasteiger charge is -2.02. The second kappa shape index (κ2) is 8.82. The van der Waals surface area contributed by atoms with Crippen LogP contribution in [-0.2, 0) is 13.1 Å². The molecule has 0 saturated carbocycles. The van der Waals surface area contributed by atoms with Gasteiger partial charge in [-0.2, -0.15) is 0 Å². The number of fused-ring (bicyclic) bond motifs is 2. The van der Waals surface area contributed by atoms with Crippen LogP contribution < -0.4 is 0 Å². The first kappa shape index (κ1) is 19.1.